The predicted octanol–water partition coefficient (Wildman–Crippen LogP) is -4.90. The average Bonchev–Trinajstić information content (AvgIpc) is 0.745. The summed E-state index contributed by atoms with van der Waals surface area (Å²) in [4.78, 5) is 80.5. The van der Waals surface area contributed by atoms with Gasteiger partial charge in [-0.3, -0.25) is 19.2 Å². The Hall–Kier alpha value is -4.72. The Morgan fingerprint density at radius 1 is 0.430 bits per heavy atom. The first-order chi connectivity index (χ1) is 61.1. The van der Waals surface area contributed by atoms with Crippen LogP contribution < -0.4 is 21.3 Å². The first-order valence-corrected chi connectivity index (χ1v) is 45.4. The van der Waals surface area contributed by atoms with Crippen LogP contribution in [0.3, 0.4) is 0 Å². The molecule has 0 aromatic carbocycles. The van der Waals surface area contributed by atoms with Crippen LogP contribution in [0.25, 0.3) is 0 Å². The molecule has 0 bridgehead atoms. The minimum Gasteiger partial charge on any atom is -0.477 e. The number of aliphatic hydroxyl groups is 20. The van der Waals surface area contributed by atoms with Gasteiger partial charge < -0.3 is 190 Å². The number of nitrogens with one attached hydrogen (secondary N) is 4. The number of carbonyl (C=O) groups excluding carboxylic acids is 4. The Bertz CT molecular complexity index is 3220. The molecule has 0 aromatic rings. The molecule has 26 N–H and O–H groups in total. The maximum Gasteiger partial charge on any atom is 0.364 e. The molecular formula is C84H148N4O40. The molecule has 6 saturated heterocycles. The van der Waals surface area contributed by atoms with Gasteiger partial charge in [0.15, 0.2) is 25.2 Å². The van der Waals surface area contributed by atoms with E-state index in [9.17, 15) is 141 Å². The maximum atomic E-state index is 14.4. The van der Waals surface area contributed by atoms with Crippen LogP contribution in [-0.4, -0.2) is 408 Å². The summed E-state index contributed by atoms with van der Waals surface area (Å²) in [6, 6.07) is -7.34. The zero-order valence-electron chi connectivity index (χ0n) is 73.7. The molecule has 44 nitrogen and oxygen atoms in total. The number of amides is 4. The van der Waals surface area contributed by atoms with Crippen molar-refractivity contribution in [1.29, 1.82) is 0 Å². The normalized spacial score (nSPS) is 34.9. The highest BCUT2D eigenvalue weighted by Gasteiger charge is 2.64. The maximum absolute atomic E-state index is 14.4. The van der Waals surface area contributed by atoms with Crippen molar-refractivity contribution >= 4 is 35.6 Å². The molecule has 128 heavy (non-hydrogen) atoms. The van der Waals surface area contributed by atoms with Crippen molar-refractivity contribution in [3.8, 4) is 0 Å². The zero-order valence-corrected chi connectivity index (χ0v) is 73.7. The molecular weight excluding hydrogens is 1700 g/mol. The van der Waals surface area contributed by atoms with Crippen LogP contribution in [0.1, 0.15) is 220 Å². The third-order valence-electron chi connectivity index (χ3n) is 24.2. The van der Waals surface area contributed by atoms with Crippen LogP contribution in [0, 0.1) is 0 Å². The van der Waals surface area contributed by atoms with Crippen molar-refractivity contribution in [3.05, 3.63) is 12.2 Å². The van der Waals surface area contributed by atoms with Gasteiger partial charge in [0.25, 0.3) is 11.6 Å². The second kappa shape index (κ2) is 57.2. The fourth-order valence-corrected chi connectivity index (χ4v) is 16.9. The molecule has 0 saturated carbocycles. The van der Waals surface area contributed by atoms with Gasteiger partial charge in [-0.15, -0.1) is 0 Å². The fraction of sp³-hybridized carbons (Fsp3) is 0.905. The van der Waals surface area contributed by atoms with Crippen molar-refractivity contribution in [2.45, 2.75) is 428 Å². The number of hydrogen-bond acceptors (Lipinski definition) is 38. The van der Waals surface area contributed by atoms with Gasteiger partial charge in [0.1, 0.15) is 141 Å². The highest BCUT2D eigenvalue weighted by Crippen LogP contribution is 2.43. The summed E-state index contributed by atoms with van der Waals surface area (Å²) in [5.74, 6) is -15.6. The van der Waals surface area contributed by atoms with Gasteiger partial charge in [-0.2, -0.15) is 0 Å². The van der Waals surface area contributed by atoms with Crippen LogP contribution in [0.5, 0.6) is 0 Å². The summed E-state index contributed by atoms with van der Waals surface area (Å²) >= 11 is 0. The molecule has 44 heteroatoms. The minimum absolute atomic E-state index is 0.0809. The number of ether oxygens (including phenoxy) is 12. The predicted molar refractivity (Wildman–Crippen MR) is 441 cm³/mol. The highest BCUT2D eigenvalue weighted by molar-refractivity contribution is 5.79. The number of aliphatic carboxylic acids is 2. The van der Waals surface area contributed by atoms with Crippen LogP contribution in [0.4, 0.5) is 0 Å². The van der Waals surface area contributed by atoms with E-state index in [0.29, 0.717) is 12.8 Å². The van der Waals surface area contributed by atoms with Gasteiger partial charge in [0, 0.05) is 33.1 Å². The summed E-state index contributed by atoms with van der Waals surface area (Å²) in [6.45, 7) is -3.35. The van der Waals surface area contributed by atoms with E-state index in [2.05, 4.69) is 35.1 Å². The molecule has 6 fully saturated rings. The Morgan fingerprint density at radius 2 is 0.859 bits per heavy atom. The molecule has 6 aliphatic heterocycles. The lowest BCUT2D eigenvalue weighted by atomic mass is 9.87. The van der Waals surface area contributed by atoms with Crippen molar-refractivity contribution in [1.82, 2.24) is 21.3 Å². The summed E-state index contributed by atoms with van der Waals surface area (Å²) in [6.07, 6.45) is -33.0. The number of carbonyl (C=O) groups is 6. The third kappa shape index (κ3) is 32.5. The highest BCUT2D eigenvalue weighted by atomic mass is 16.8. The first-order valence-electron chi connectivity index (χ1n) is 45.4. The molecule has 4 amide bonds. The summed E-state index contributed by atoms with van der Waals surface area (Å²) < 4.78 is 72.1. The lowest BCUT2D eigenvalue weighted by Crippen LogP contribution is -2.73. The lowest BCUT2D eigenvalue weighted by Gasteiger charge is -2.53. The SMILES string of the molecule is CCCCCCCCCCCCC/C=C/C(O)C(CO[C@@H]1O[C@H](CO)[C@@H](O[C@@H]2O[C@H](CO)[C@H](O[C@@H]3O[C@H](CO)[C@H](O)[C@H](O[C@@H]4O[C@H](CO)[C@H](O)[C@H](O)[C@H]4O)[C@H]3NC(C)=O)[C@H](O[C@]3(C(=O)O)C[C@H](O)[C@@H](NC(C)=O)[C@H]([C@H](O)[C@@H](CO)O[C@]4(C(=O)O)C[C@H](O)[C@@H](NC(=O)CO)[C@H]([C@H](O)[C@H](O)CO)O4)O3)[C@H]2O)[C@H](O)[C@H]1O)NC(=O)CCCCCCCCCCCCCCCCC. The molecule has 0 aliphatic carbocycles. The summed E-state index contributed by atoms with van der Waals surface area (Å²) in [7, 11) is 0. The van der Waals surface area contributed by atoms with E-state index in [4.69, 9.17) is 56.8 Å². The average molecular weight is 1850 g/mol. The second-order valence-electron chi connectivity index (χ2n) is 34.3. The van der Waals surface area contributed by atoms with Gasteiger partial charge in [-0.1, -0.05) is 180 Å². The molecule has 6 heterocycles. The molecule has 0 radical (unpaired) electrons. The van der Waals surface area contributed by atoms with Gasteiger partial charge >= 0.3 is 11.9 Å². The van der Waals surface area contributed by atoms with E-state index < -0.39 is 309 Å². The molecule has 744 valence electrons. The zero-order chi connectivity index (χ0) is 94.5. The topological polar surface area (TPSA) is 706 Å². The monoisotopic (exact) mass is 1850 g/mol. The quantitative estimate of drug-likeness (QED) is 0.0200. The summed E-state index contributed by atoms with van der Waals surface area (Å²) in [5, 5.41) is 257. The van der Waals surface area contributed by atoms with E-state index in [1.807, 2.05) is 0 Å². The van der Waals surface area contributed by atoms with Gasteiger partial charge in [-0.05, 0) is 19.3 Å². The van der Waals surface area contributed by atoms with Crippen LogP contribution in [0.2, 0.25) is 0 Å². The number of carboxylic acid groups (broad SMARTS) is 2. The van der Waals surface area contributed by atoms with E-state index in [0.717, 1.165) is 78.1 Å². The Balaban J connectivity index is 1.34. The van der Waals surface area contributed by atoms with Crippen LogP contribution in [0.15, 0.2) is 12.2 Å². The van der Waals surface area contributed by atoms with Crippen molar-refractivity contribution < 1.29 is 198 Å². The molecule has 6 rings (SSSR count). The molecule has 0 spiro atoms. The Labute approximate surface area is 744 Å². The number of unbranched alkanes of at least 4 members (excludes halogenated alkanes) is 25. The minimum atomic E-state index is -3.71. The van der Waals surface area contributed by atoms with Crippen molar-refractivity contribution in [3.63, 3.8) is 0 Å². The third-order valence-corrected chi connectivity index (χ3v) is 24.2. The smallest absolute Gasteiger partial charge is 0.364 e. The van der Waals surface area contributed by atoms with Crippen molar-refractivity contribution in [2.24, 2.45) is 0 Å². The van der Waals surface area contributed by atoms with Crippen LogP contribution in [-0.2, 0) is 85.6 Å². The lowest BCUT2D eigenvalue weighted by molar-refractivity contribution is -0.404. The first kappa shape index (κ1) is 112. The van der Waals surface area contributed by atoms with Gasteiger partial charge in [0.05, 0.1) is 82.7 Å². The number of allylic oxidation sites excluding steroid dienone is 1. The van der Waals surface area contributed by atoms with Crippen LogP contribution >= 0.6 is 0 Å². The summed E-state index contributed by atoms with van der Waals surface area (Å²) in [5.41, 5.74) is 0. The van der Waals surface area contributed by atoms with Gasteiger partial charge in [0.2, 0.25) is 23.6 Å². The van der Waals surface area contributed by atoms with Crippen molar-refractivity contribution in [2.75, 3.05) is 52.9 Å². The van der Waals surface area contributed by atoms with Gasteiger partial charge in [-0.25, -0.2) is 9.59 Å². The van der Waals surface area contributed by atoms with E-state index in [1.165, 1.54) is 102 Å². The molecule has 2 unspecified atom stereocenters. The number of aliphatic hydroxyl groups excluding tert-OH is 20. The molecule has 0 aromatic heterocycles. The number of hydrogen-bond donors (Lipinski definition) is 26. The number of rotatable bonds is 60. The number of carboxylic acids is 2. The standard InChI is InChI=1S/C84H148N4O40/c1-5-7-9-11-13-15-17-19-20-22-24-26-28-30-32-34-57(102)87-47(48(98)33-31-29-27-25-23-21-18-16-14-12-10-8-6-2)44-117-78-69(111)67(109)71(55(41-93)120-78)122-80-70(112)76(72(56(42-94)121-80)123-77-61(86-46(4)97)73(64(106)53(39-91)118-77)124-79-68(110)66(108)63(105)52(38-90)119-79)128-84(82(115)116)36-49(99)59(85-45(3)96)75(127-84)65(107)54(40-92)125-83(81(113)114)35-50(100)60(88-58(103)43-95)74(126-83)62(104)51(101)37-89/h31,33,47-56,59-80,89-95,98-101,104-112H,5-30,32,34-44H2,1-4H3,(H,85,96)(H,86,97)(H,87,102)(H,88,103)(H,113,114)(H,115,116)/b33-31+/t47?,48?,49-,50-,51+,52+,53+,54+,55+,56+,59+,60+,61+,62+,63-,64-,65+,66-,67+,68+,69+,70+,71+,72-,73+,74+,75+,76+,77-,78+,79-,80-,83+,84-/m0/s1. The van der Waals surface area contributed by atoms with E-state index in [1.54, 1.807) is 6.08 Å². The fourth-order valence-electron chi connectivity index (χ4n) is 16.9. The van der Waals surface area contributed by atoms with E-state index >= 15 is 0 Å². The molecule has 34 atom stereocenters. The van der Waals surface area contributed by atoms with E-state index in [-0.39, 0.29) is 6.42 Å². The largest absolute Gasteiger partial charge is 0.477 e. The Morgan fingerprint density at radius 3 is 1.37 bits per heavy atom. The second-order valence-corrected chi connectivity index (χ2v) is 34.3. The molecule has 6 aliphatic rings. The Kier molecular flexibility index (Phi) is 50.1.